The number of aromatic hydroxyl groups is 1. The average Bonchev–Trinajstić information content (AvgIpc) is 3.19. The zero-order valence-corrected chi connectivity index (χ0v) is 15.6. The van der Waals surface area contributed by atoms with Gasteiger partial charge in [0.2, 0.25) is 0 Å². The number of nitrogens with one attached hydrogen (secondary N) is 1. The van der Waals surface area contributed by atoms with E-state index in [1.165, 1.54) is 0 Å². The summed E-state index contributed by atoms with van der Waals surface area (Å²) in [7, 11) is 3.23. The number of methoxy groups -OCH3 is 2. The lowest BCUT2D eigenvalue weighted by atomic mass is 10.0. The normalized spacial score (nSPS) is 10.6. The van der Waals surface area contributed by atoms with Gasteiger partial charge in [0, 0.05) is 16.7 Å². The molecule has 0 amide bonds. The van der Waals surface area contributed by atoms with Crippen molar-refractivity contribution in [1.82, 2.24) is 9.97 Å². The standard InChI is InChI=1S/C23H20N2O3/c1-27-19-12-11-16(14-20(19)28-2)22-21(15-7-4-3-5-8-15)24-23(25-22)17-9-6-10-18(26)13-17/h3-14,26H,1-2H3,(H,24,25). The highest BCUT2D eigenvalue weighted by Gasteiger charge is 2.17. The summed E-state index contributed by atoms with van der Waals surface area (Å²) >= 11 is 0. The molecule has 0 aliphatic carbocycles. The number of benzene rings is 3. The molecule has 1 aromatic heterocycles. The molecule has 5 nitrogen and oxygen atoms in total. The van der Waals surface area contributed by atoms with Crippen molar-refractivity contribution < 1.29 is 14.6 Å². The largest absolute Gasteiger partial charge is 0.508 e. The van der Waals surface area contributed by atoms with Gasteiger partial charge >= 0.3 is 0 Å². The van der Waals surface area contributed by atoms with Gasteiger partial charge in [-0.3, -0.25) is 0 Å². The van der Waals surface area contributed by atoms with Crippen LogP contribution in [0.3, 0.4) is 0 Å². The maximum atomic E-state index is 9.84. The number of hydrogen-bond acceptors (Lipinski definition) is 4. The lowest BCUT2D eigenvalue weighted by molar-refractivity contribution is 0.355. The van der Waals surface area contributed by atoms with Crippen LogP contribution in [0, 0.1) is 0 Å². The number of rotatable bonds is 5. The molecule has 4 aromatic rings. The van der Waals surface area contributed by atoms with E-state index in [2.05, 4.69) is 4.98 Å². The Morgan fingerprint density at radius 3 is 2.21 bits per heavy atom. The van der Waals surface area contributed by atoms with Crippen LogP contribution in [0.2, 0.25) is 0 Å². The second-order valence-electron chi connectivity index (χ2n) is 6.30. The minimum absolute atomic E-state index is 0.197. The van der Waals surface area contributed by atoms with Crippen LogP contribution >= 0.6 is 0 Å². The van der Waals surface area contributed by atoms with Crippen LogP contribution in [0.15, 0.2) is 72.8 Å². The summed E-state index contributed by atoms with van der Waals surface area (Å²) in [5.74, 6) is 2.18. The average molecular weight is 372 g/mol. The highest BCUT2D eigenvalue weighted by molar-refractivity contribution is 5.82. The van der Waals surface area contributed by atoms with E-state index in [0.717, 1.165) is 28.1 Å². The fourth-order valence-corrected chi connectivity index (χ4v) is 3.17. The van der Waals surface area contributed by atoms with Crippen LogP contribution in [-0.4, -0.2) is 29.3 Å². The van der Waals surface area contributed by atoms with Crippen molar-refractivity contribution in [1.29, 1.82) is 0 Å². The Bertz CT molecular complexity index is 1100. The van der Waals surface area contributed by atoms with Crippen LogP contribution in [0.25, 0.3) is 33.9 Å². The van der Waals surface area contributed by atoms with Gasteiger partial charge < -0.3 is 19.6 Å². The van der Waals surface area contributed by atoms with Crippen molar-refractivity contribution in [2.24, 2.45) is 0 Å². The Morgan fingerprint density at radius 2 is 1.50 bits per heavy atom. The number of phenols is 1. The molecule has 5 heteroatoms. The fraction of sp³-hybridized carbons (Fsp3) is 0.0870. The molecule has 0 bridgehead atoms. The summed E-state index contributed by atoms with van der Waals surface area (Å²) in [6.45, 7) is 0. The fourth-order valence-electron chi connectivity index (χ4n) is 3.17. The molecule has 0 saturated carbocycles. The smallest absolute Gasteiger partial charge is 0.161 e. The molecule has 1 heterocycles. The summed E-state index contributed by atoms with van der Waals surface area (Å²) in [6.07, 6.45) is 0. The van der Waals surface area contributed by atoms with E-state index in [1.54, 1.807) is 32.4 Å². The summed E-state index contributed by atoms with van der Waals surface area (Å²) < 4.78 is 10.8. The van der Waals surface area contributed by atoms with Gasteiger partial charge in [0.05, 0.1) is 25.6 Å². The van der Waals surface area contributed by atoms with E-state index in [4.69, 9.17) is 14.5 Å². The van der Waals surface area contributed by atoms with E-state index in [9.17, 15) is 5.11 Å². The van der Waals surface area contributed by atoms with E-state index < -0.39 is 0 Å². The molecule has 0 aliphatic rings. The number of hydrogen-bond donors (Lipinski definition) is 2. The minimum Gasteiger partial charge on any atom is -0.508 e. The van der Waals surface area contributed by atoms with Crippen LogP contribution in [-0.2, 0) is 0 Å². The van der Waals surface area contributed by atoms with Crippen molar-refractivity contribution in [2.45, 2.75) is 0 Å². The Kier molecular flexibility index (Phi) is 4.72. The minimum atomic E-state index is 0.197. The van der Waals surface area contributed by atoms with Crippen molar-refractivity contribution in [3.8, 4) is 51.2 Å². The SMILES string of the molecule is COc1ccc(-c2nc(-c3cccc(O)c3)[nH]c2-c2ccccc2)cc1OC. The summed E-state index contributed by atoms with van der Waals surface area (Å²) in [6, 6.07) is 22.8. The van der Waals surface area contributed by atoms with Crippen molar-refractivity contribution in [3.63, 3.8) is 0 Å². The van der Waals surface area contributed by atoms with Crippen LogP contribution in [0.4, 0.5) is 0 Å². The predicted octanol–water partition coefficient (Wildman–Crippen LogP) is 5.13. The molecule has 2 N–H and O–H groups in total. The summed E-state index contributed by atoms with van der Waals surface area (Å²) in [5, 5.41) is 9.84. The Hall–Kier alpha value is -3.73. The van der Waals surface area contributed by atoms with Gasteiger partial charge in [0.15, 0.2) is 11.5 Å². The second kappa shape index (κ2) is 7.48. The molecule has 0 fully saturated rings. The van der Waals surface area contributed by atoms with Crippen LogP contribution in [0.5, 0.6) is 17.2 Å². The summed E-state index contributed by atoms with van der Waals surface area (Å²) in [5.41, 5.74) is 4.42. The van der Waals surface area contributed by atoms with Gasteiger partial charge in [-0.2, -0.15) is 0 Å². The van der Waals surface area contributed by atoms with Crippen molar-refractivity contribution in [2.75, 3.05) is 14.2 Å². The van der Waals surface area contributed by atoms with Gasteiger partial charge in [-0.1, -0.05) is 42.5 Å². The third kappa shape index (κ3) is 3.30. The van der Waals surface area contributed by atoms with E-state index in [0.29, 0.717) is 17.3 Å². The van der Waals surface area contributed by atoms with Gasteiger partial charge in [0.1, 0.15) is 11.6 Å². The monoisotopic (exact) mass is 372 g/mol. The molecule has 0 unspecified atom stereocenters. The van der Waals surface area contributed by atoms with Gasteiger partial charge in [-0.05, 0) is 30.3 Å². The third-order valence-electron chi connectivity index (χ3n) is 4.54. The third-order valence-corrected chi connectivity index (χ3v) is 4.54. The van der Waals surface area contributed by atoms with Gasteiger partial charge in [-0.15, -0.1) is 0 Å². The van der Waals surface area contributed by atoms with E-state index in [1.807, 2.05) is 54.6 Å². The van der Waals surface area contributed by atoms with Crippen molar-refractivity contribution >= 4 is 0 Å². The molecule has 0 spiro atoms. The zero-order chi connectivity index (χ0) is 19.5. The first-order valence-corrected chi connectivity index (χ1v) is 8.87. The number of phenolic OH excluding ortho intramolecular Hbond substituents is 1. The number of aromatic amines is 1. The number of nitrogens with zero attached hydrogens (tertiary/aromatic N) is 1. The lowest BCUT2D eigenvalue weighted by Gasteiger charge is -2.09. The highest BCUT2D eigenvalue weighted by atomic mass is 16.5. The van der Waals surface area contributed by atoms with E-state index >= 15 is 0 Å². The first kappa shape index (κ1) is 17.7. The molecule has 0 aliphatic heterocycles. The molecule has 0 saturated heterocycles. The molecule has 140 valence electrons. The van der Waals surface area contributed by atoms with Gasteiger partial charge in [-0.25, -0.2) is 4.98 Å². The molecular weight excluding hydrogens is 352 g/mol. The maximum Gasteiger partial charge on any atom is 0.161 e. The Balaban J connectivity index is 1.90. The molecule has 3 aromatic carbocycles. The lowest BCUT2D eigenvalue weighted by Crippen LogP contribution is -1.91. The first-order chi connectivity index (χ1) is 13.7. The number of aromatic nitrogens is 2. The topological polar surface area (TPSA) is 67.4 Å². The molecule has 4 rings (SSSR count). The first-order valence-electron chi connectivity index (χ1n) is 8.87. The Morgan fingerprint density at radius 1 is 0.750 bits per heavy atom. The summed E-state index contributed by atoms with van der Waals surface area (Å²) in [4.78, 5) is 8.25. The second-order valence-corrected chi connectivity index (χ2v) is 6.30. The van der Waals surface area contributed by atoms with Crippen LogP contribution < -0.4 is 9.47 Å². The van der Waals surface area contributed by atoms with Gasteiger partial charge in [0.25, 0.3) is 0 Å². The molecule has 0 radical (unpaired) electrons. The van der Waals surface area contributed by atoms with Crippen LogP contribution in [0.1, 0.15) is 0 Å². The van der Waals surface area contributed by atoms with E-state index in [-0.39, 0.29) is 5.75 Å². The molecule has 28 heavy (non-hydrogen) atoms. The molecule has 0 atom stereocenters. The highest BCUT2D eigenvalue weighted by Crippen LogP contribution is 2.37. The maximum absolute atomic E-state index is 9.84. The number of ether oxygens (including phenoxy) is 2. The van der Waals surface area contributed by atoms with Crippen molar-refractivity contribution in [3.05, 3.63) is 72.8 Å². The number of imidazole rings is 1. The Labute approximate surface area is 163 Å². The quantitative estimate of drug-likeness (QED) is 0.509. The number of H-pyrrole nitrogens is 1. The predicted molar refractivity (Wildman–Crippen MR) is 110 cm³/mol. The molecular formula is C23H20N2O3. The zero-order valence-electron chi connectivity index (χ0n) is 15.6.